The molecule has 0 saturated carbocycles. The standard InChI is InChI=1S/C13H9NO.C11H19NO2.C10H19NO2.C4H6.2C2H6/c15-14-13-11-7-3-1-5-9(11)10-6-2-4-8-12(10)13;1-5-9(4)11(12-8-13)10(6-2)14-7-3;1-8-6-5-7-11(8)9(12)13-10(2,3)4;1-3-4-2;2*1-2/h1-8,15H;5-6,8-9,11H,1,7H2,2-4H3,(H,12,13);8H,5-7H2,1-4H3;3-4H,1-2H2;2*1-2H3/b;10-6-;;;;. The van der Waals surface area contributed by atoms with Gasteiger partial charge in [-0.15, -0.1) is 6.58 Å². The fraction of sp³-hybridized carbons (Fsp3) is 0.452. The normalized spacial score (nSPS) is 14.7. The number of likely N-dealkylation sites (tertiary alicyclic amines) is 1. The Kier molecular flexibility index (Phi) is 25.9. The van der Waals surface area contributed by atoms with Gasteiger partial charge in [-0.1, -0.05) is 120 Å². The Morgan fingerprint density at radius 2 is 1.48 bits per heavy atom. The Bertz CT molecular complexity index is 1290. The van der Waals surface area contributed by atoms with Crippen LogP contribution in [0.5, 0.6) is 0 Å². The Morgan fingerprint density at radius 3 is 1.80 bits per heavy atom. The van der Waals surface area contributed by atoms with Gasteiger partial charge in [-0.25, -0.2) is 4.79 Å². The molecule has 0 radical (unpaired) electrons. The van der Waals surface area contributed by atoms with Crippen LogP contribution in [0.3, 0.4) is 0 Å². The molecule has 50 heavy (non-hydrogen) atoms. The van der Waals surface area contributed by atoms with Gasteiger partial charge in [0.1, 0.15) is 17.1 Å². The molecule has 8 heteroatoms. The van der Waals surface area contributed by atoms with E-state index in [1.165, 1.54) is 0 Å². The van der Waals surface area contributed by atoms with Gasteiger partial charge in [0, 0.05) is 29.6 Å². The van der Waals surface area contributed by atoms with Gasteiger partial charge in [-0.2, -0.15) is 0 Å². The van der Waals surface area contributed by atoms with Crippen molar-refractivity contribution in [2.75, 3.05) is 13.2 Å². The first-order chi connectivity index (χ1) is 23.9. The van der Waals surface area contributed by atoms with Crippen molar-refractivity contribution >= 4 is 18.2 Å². The number of oxime groups is 1. The highest BCUT2D eigenvalue weighted by molar-refractivity contribution is 6.24. The smallest absolute Gasteiger partial charge is 0.410 e. The highest BCUT2D eigenvalue weighted by Gasteiger charge is 2.29. The molecule has 2 amide bonds. The second-order valence-corrected chi connectivity index (χ2v) is 11.7. The van der Waals surface area contributed by atoms with Crippen LogP contribution in [0.2, 0.25) is 0 Å². The van der Waals surface area contributed by atoms with Crippen LogP contribution in [0.1, 0.15) is 100 Å². The largest absolute Gasteiger partial charge is 0.496 e. The van der Waals surface area contributed by atoms with Gasteiger partial charge in [-0.05, 0) is 71.6 Å². The Hall–Kier alpha value is -4.59. The van der Waals surface area contributed by atoms with Gasteiger partial charge >= 0.3 is 6.09 Å². The Labute approximate surface area is 303 Å². The number of rotatable bonds is 8. The molecular weight excluding hydrogens is 626 g/mol. The van der Waals surface area contributed by atoms with Crippen LogP contribution >= 0.6 is 0 Å². The molecule has 1 aliphatic heterocycles. The lowest BCUT2D eigenvalue weighted by Gasteiger charge is -2.26. The third-order valence-electron chi connectivity index (χ3n) is 7.15. The maximum atomic E-state index is 11.6. The summed E-state index contributed by atoms with van der Waals surface area (Å²) >= 11 is 0. The van der Waals surface area contributed by atoms with Gasteiger partial charge in [0.05, 0.1) is 12.6 Å². The molecule has 1 heterocycles. The molecule has 1 fully saturated rings. The van der Waals surface area contributed by atoms with Gasteiger partial charge in [-0.3, -0.25) is 4.79 Å². The van der Waals surface area contributed by atoms with Crippen LogP contribution in [-0.2, 0) is 14.3 Å². The van der Waals surface area contributed by atoms with Crippen LogP contribution in [0.15, 0.2) is 103 Å². The molecule has 3 atom stereocenters. The van der Waals surface area contributed by atoms with E-state index in [1.54, 1.807) is 18.2 Å². The summed E-state index contributed by atoms with van der Waals surface area (Å²) in [6.45, 7) is 33.4. The van der Waals surface area contributed by atoms with E-state index in [9.17, 15) is 9.59 Å². The first kappa shape index (κ1) is 47.5. The number of allylic oxidation sites excluding steroid dienone is 3. The lowest BCUT2D eigenvalue weighted by Crippen LogP contribution is -2.38. The second kappa shape index (κ2) is 27.3. The number of hydrogen-bond acceptors (Lipinski definition) is 6. The molecule has 3 unspecified atom stereocenters. The number of benzene rings is 2. The molecule has 0 bridgehead atoms. The summed E-state index contributed by atoms with van der Waals surface area (Å²) in [7, 11) is 0. The number of hydrogen-bond donors (Lipinski definition) is 2. The molecule has 1 aliphatic carbocycles. The van der Waals surface area contributed by atoms with E-state index in [1.807, 2.05) is 129 Å². The van der Waals surface area contributed by atoms with E-state index >= 15 is 0 Å². The van der Waals surface area contributed by atoms with Crippen molar-refractivity contribution in [1.82, 2.24) is 10.2 Å². The quantitative estimate of drug-likeness (QED) is 0.0611. The van der Waals surface area contributed by atoms with Crippen molar-refractivity contribution in [1.29, 1.82) is 0 Å². The van der Waals surface area contributed by atoms with E-state index in [2.05, 4.69) is 37.1 Å². The number of fused-ring (bicyclic) bond motifs is 3. The monoisotopic (exact) mass is 691 g/mol. The minimum absolute atomic E-state index is 0.116. The van der Waals surface area contributed by atoms with E-state index in [0.29, 0.717) is 24.8 Å². The maximum absolute atomic E-state index is 11.6. The highest BCUT2D eigenvalue weighted by atomic mass is 16.6. The predicted octanol–water partition coefficient (Wildman–Crippen LogP) is 10.6. The first-order valence-electron chi connectivity index (χ1n) is 17.7. The van der Waals surface area contributed by atoms with Crippen LogP contribution < -0.4 is 5.32 Å². The third-order valence-corrected chi connectivity index (χ3v) is 7.15. The van der Waals surface area contributed by atoms with Gasteiger partial charge in [0.2, 0.25) is 6.41 Å². The molecule has 0 aromatic heterocycles. The zero-order chi connectivity index (χ0) is 38.7. The molecule has 2 aromatic rings. The molecule has 4 rings (SSSR count). The molecule has 2 N–H and O–H groups in total. The summed E-state index contributed by atoms with van der Waals surface area (Å²) < 4.78 is 10.7. The second-order valence-electron chi connectivity index (χ2n) is 11.7. The van der Waals surface area contributed by atoms with E-state index in [0.717, 1.165) is 47.4 Å². The lowest BCUT2D eigenvalue weighted by atomic mass is 10.0. The zero-order valence-corrected chi connectivity index (χ0v) is 32.7. The van der Waals surface area contributed by atoms with Crippen molar-refractivity contribution in [2.45, 2.75) is 107 Å². The van der Waals surface area contributed by atoms with Crippen molar-refractivity contribution in [3.8, 4) is 11.1 Å². The molecule has 8 nitrogen and oxygen atoms in total. The molecule has 278 valence electrons. The van der Waals surface area contributed by atoms with Crippen molar-refractivity contribution in [3.63, 3.8) is 0 Å². The highest BCUT2D eigenvalue weighted by Crippen LogP contribution is 2.36. The van der Waals surface area contributed by atoms with Crippen LogP contribution in [0.25, 0.3) is 11.1 Å². The topological polar surface area (TPSA) is 100 Å². The molecular formula is C42H65N3O5. The zero-order valence-electron chi connectivity index (χ0n) is 32.7. The number of nitrogens with zero attached hydrogens (tertiary/aromatic N) is 2. The summed E-state index contributed by atoms with van der Waals surface area (Å²) in [5.41, 5.74) is 4.57. The summed E-state index contributed by atoms with van der Waals surface area (Å²) in [4.78, 5) is 23.8. The van der Waals surface area contributed by atoms with Crippen molar-refractivity contribution < 1.29 is 24.3 Å². The summed E-state index contributed by atoms with van der Waals surface area (Å²) in [6, 6.07) is 16.2. The molecule has 0 spiro atoms. The van der Waals surface area contributed by atoms with Crippen molar-refractivity contribution in [2.24, 2.45) is 11.1 Å². The number of nitrogens with one attached hydrogen (secondary N) is 1. The average Bonchev–Trinajstić information content (AvgIpc) is 3.72. The summed E-state index contributed by atoms with van der Waals surface area (Å²) in [5, 5.41) is 15.2. The summed E-state index contributed by atoms with van der Waals surface area (Å²) in [5.74, 6) is 0.935. The Balaban J connectivity index is 0. The number of carbonyl (C=O) groups excluding carboxylic acids is 2. The Morgan fingerprint density at radius 1 is 1.00 bits per heavy atom. The van der Waals surface area contributed by atoms with Crippen molar-refractivity contribution in [3.05, 3.63) is 109 Å². The van der Waals surface area contributed by atoms with E-state index in [4.69, 9.17) is 14.7 Å². The van der Waals surface area contributed by atoms with Gasteiger partial charge < -0.3 is 24.9 Å². The molecule has 2 aliphatic rings. The summed E-state index contributed by atoms with van der Waals surface area (Å²) in [6.07, 6.45) is 9.65. The minimum atomic E-state index is -0.376. The van der Waals surface area contributed by atoms with Crippen LogP contribution in [-0.4, -0.2) is 59.2 Å². The minimum Gasteiger partial charge on any atom is -0.496 e. The fourth-order valence-electron chi connectivity index (χ4n) is 4.85. The van der Waals surface area contributed by atoms with Gasteiger partial charge in [0.15, 0.2) is 0 Å². The molecule has 1 saturated heterocycles. The maximum Gasteiger partial charge on any atom is 0.410 e. The number of amides is 2. The molecule has 2 aromatic carbocycles. The SMILES string of the molecule is C=CC(C)C(NC=O)/C(=C/C)OCC.C=CC=C.CC.CC.CC1CCCN1C(=O)OC(C)(C)C.ON=C1c2ccccc2-c2ccccc21. The lowest BCUT2D eigenvalue weighted by molar-refractivity contribution is -0.110. The van der Waals surface area contributed by atoms with Crippen LogP contribution in [0, 0.1) is 5.92 Å². The predicted molar refractivity (Wildman–Crippen MR) is 212 cm³/mol. The average molecular weight is 692 g/mol. The first-order valence-corrected chi connectivity index (χ1v) is 17.7. The van der Waals surface area contributed by atoms with E-state index < -0.39 is 0 Å². The van der Waals surface area contributed by atoms with Crippen LogP contribution in [0.4, 0.5) is 4.79 Å². The van der Waals surface area contributed by atoms with E-state index in [-0.39, 0.29) is 23.7 Å². The number of ether oxygens (including phenoxy) is 2. The van der Waals surface area contributed by atoms with Gasteiger partial charge in [0.25, 0.3) is 0 Å². The number of carbonyl (C=O) groups is 2. The fourth-order valence-corrected chi connectivity index (χ4v) is 4.85. The third kappa shape index (κ3) is 16.2.